The molecule has 1 N–H and O–H groups in total. The van der Waals surface area contributed by atoms with Crippen molar-refractivity contribution in [1.82, 2.24) is 0 Å². The monoisotopic (exact) mass is 198 g/mol. The van der Waals surface area contributed by atoms with Crippen molar-refractivity contribution in [2.45, 2.75) is 38.7 Å². The van der Waals surface area contributed by atoms with Gasteiger partial charge in [-0.1, -0.05) is 0 Å². The first-order valence-corrected chi connectivity index (χ1v) is 4.81. The molecular formula is C10H14O4. The molecule has 1 saturated carbocycles. The number of hydrogen-bond donors (Lipinski definition) is 1. The maximum atomic E-state index is 11.2. The number of cyclic esters (lactones) is 1. The molecule has 1 heterocycles. The lowest BCUT2D eigenvalue weighted by molar-refractivity contribution is -0.161. The van der Waals surface area contributed by atoms with Crippen molar-refractivity contribution < 1.29 is 19.4 Å². The molecule has 4 heteroatoms. The zero-order valence-electron chi connectivity index (χ0n) is 8.37. The first-order chi connectivity index (χ1) is 6.36. The Balaban J connectivity index is 2.13. The lowest BCUT2D eigenvalue weighted by Crippen LogP contribution is -2.51. The van der Waals surface area contributed by atoms with Crippen molar-refractivity contribution in [2.75, 3.05) is 0 Å². The van der Waals surface area contributed by atoms with Crippen LogP contribution < -0.4 is 0 Å². The van der Waals surface area contributed by atoms with Crippen molar-refractivity contribution in [3.63, 3.8) is 0 Å². The van der Waals surface area contributed by atoms with Gasteiger partial charge in [0.05, 0.1) is 12.3 Å². The second kappa shape index (κ2) is 2.49. The van der Waals surface area contributed by atoms with E-state index in [1.54, 1.807) is 0 Å². The van der Waals surface area contributed by atoms with Crippen LogP contribution in [0.4, 0.5) is 0 Å². The molecule has 2 aliphatic rings. The predicted octanol–water partition coefficient (Wildman–Crippen LogP) is 1.19. The van der Waals surface area contributed by atoms with Gasteiger partial charge in [0.25, 0.3) is 0 Å². The van der Waals surface area contributed by atoms with Gasteiger partial charge in [-0.3, -0.25) is 9.59 Å². The van der Waals surface area contributed by atoms with E-state index in [2.05, 4.69) is 0 Å². The van der Waals surface area contributed by atoms with E-state index in [0.717, 1.165) is 0 Å². The molecule has 0 aromatic carbocycles. The topological polar surface area (TPSA) is 63.6 Å². The van der Waals surface area contributed by atoms with Crippen LogP contribution in [0.5, 0.6) is 0 Å². The SMILES string of the molecule is CC1(C)OC(=O)CC12CC(C(=O)O)C2. The highest BCUT2D eigenvalue weighted by Crippen LogP contribution is 2.59. The zero-order chi connectivity index (χ0) is 10.6. The Hall–Kier alpha value is -1.06. The highest BCUT2D eigenvalue weighted by molar-refractivity contribution is 5.77. The number of rotatable bonds is 1. The van der Waals surface area contributed by atoms with Gasteiger partial charge in [0.15, 0.2) is 0 Å². The molecule has 0 aromatic rings. The quantitative estimate of drug-likeness (QED) is 0.643. The van der Waals surface area contributed by atoms with Crippen LogP contribution in [-0.2, 0) is 14.3 Å². The summed E-state index contributed by atoms with van der Waals surface area (Å²) in [6.07, 6.45) is 1.52. The zero-order valence-corrected chi connectivity index (χ0v) is 8.37. The van der Waals surface area contributed by atoms with E-state index < -0.39 is 11.6 Å². The number of hydrogen-bond acceptors (Lipinski definition) is 3. The Labute approximate surface area is 82.2 Å². The van der Waals surface area contributed by atoms with Crippen LogP contribution in [0.3, 0.4) is 0 Å². The third-order valence-corrected chi connectivity index (χ3v) is 3.75. The van der Waals surface area contributed by atoms with Crippen LogP contribution in [-0.4, -0.2) is 22.6 Å². The molecule has 0 unspecified atom stereocenters. The van der Waals surface area contributed by atoms with Crippen molar-refractivity contribution in [1.29, 1.82) is 0 Å². The molecule has 2 rings (SSSR count). The Morgan fingerprint density at radius 2 is 2.07 bits per heavy atom. The van der Waals surface area contributed by atoms with Crippen LogP contribution in [0.2, 0.25) is 0 Å². The van der Waals surface area contributed by atoms with Crippen molar-refractivity contribution in [3.8, 4) is 0 Å². The minimum atomic E-state index is -0.759. The molecule has 0 radical (unpaired) electrons. The van der Waals surface area contributed by atoms with Gasteiger partial charge >= 0.3 is 11.9 Å². The third-order valence-electron chi connectivity index (χ3n) is 3.75. The van der Waals surface area contributed by atoms with Gasteiger partial charge in [0.1, 0.15) is 5.60 Å². The maximum absolute atomic E-state index is 11.2. The van der Waals surface area contributed by atoms with Gasteiger partial charge in [-0.05, 0) is 26.7 Å². The standard InChI is InChI=1S/C10H14O4/c1-9(2)10(5-7(11)14-9)3-6(4-10)8(12)13/h6H,3-5H2,1-2H3,(H,12,13). The van der Waals surface area contributed by atoms with E-state index in [1.165, 1.54) is 0 Å². The summed E-state index contributed by atoms with van der Waals surface area (Å²) in [6.45, 7) is 3.74. The van der Waals surface area contributed by atoms with Gasteiger partial charge in [-0.25, -0.2) is 0 Å². The van der Waals surface area contributed by atoms with Gasteiger partial charge in [-0.15, -0.1) is 0 Å². The third kappa shape index (κ3) is 1.06. The summed E-state index contributed by atoms with van der Waals surface area (Å²) < 4.78 is 5.20. The second-order valence-corrected chi connectivity index (χ2v) is 4.88. The molecule has 0 amide bonds. The molecular weight excluding hydrogens is 184 g/mol. The number of esters is 1. The number of carbonyl (C=O) groups is 2. The average molecular weight is 198 g/mol. The Morgan fingerprint density at radius 1 is 1.50 bits per heavy atom. The van der Waals surface area contributed by atoms with E-state index in [0.29, 0.717) is 19.3 Å². The van der Waals surface area contributed by atoms with Crippen LogP contribution >= 0.6 is 0 Å². The summed E-state index contributed by atoms with van der Waals surface area (Å²) in [5, 5.41) is 8.79. The van der Waals surface area contributed by atoms with Crippen LogP contribution in [0.15, 0.2) is 0 Å². The predicted molar refractivity (Wildman–Crippen MR) is 47.6 cm³/mol. The van der Waals surface area contributed by atoms with Gasteiger partial charge < -0.3 is 9.84 Å². The molecule has 0 aromatic heterocycles. The highest BCUT2D eigenvalue weighted by Gasteiger charge is 2.62. The van der Waals surface area contributed by atoms with E-state index in [4.69, 9.17) is 9.84 Å². The summed E-state index contributed by atoms with van der Waals surface area (Å²) in [6, 6.07) is 0. The van der Waals surface area contributed by atoms with Crippen LogP contribution in [0.25, 0.3) is 0 Å². The number of carbonyl (C=O) groups excluding carboxylic acids is 1. The van der Waals surface area contributed by atoms with Crippen molar-refractivity contribution in [2.24, 2.45) is 11.3 Å². The van der Waals surface area contributed by atoms with Gasteiger partial charge in [0, 0.05) is 5.41 Å². The molecule has 1 aliphatic heterocycles. The second-order valence-electron chi connectivity index (χ2n) is 4.88. The van der Waals surface area contributed by atoms with E-state index >= 15 is 0 Å². The van der Waals surface area contributed by atoms with Gasteiger partial charge in [-0.2, -0.15) is 0 Å². The smallest absolute Gasteiger partial charge is 0.307 e. The maximum Gasteiger partial charge on any atom is 0.307 e. The van der Waals surface area contributed by atoms with Gasteiger partial charge in [0.2, 0.25) is 0 Å². The number of carboxylic acids is 1. The first kappa shape index (κ1) is 9.49. The molecule has 0 atom stereocenters. The van der Waals surface area contributed by atoms with E-state index in [-0.39, 0.29) is 17.3 Å². The molecule has 1 spiro atoms. The summed E-state index contributed by atoms with van der Waals surface area (Å²) >= 11 is 0. The Morgan fingerprint density at radius 3 is 2.43 bits per heavy atom. The van der Waals surface area contributed by atoms with Crippen molar-refractivity contribution in [3.05, 3.63) is 0 Å². The van der Waals surface area contributed by atoms with E-state index in [9.17, 15) is 9.59 Å². The summed E-state index contributed by atoms with van der Waals surface area (Å²) in [4.78, 5) is 21.9. The summed E-state index contributed by atoms with van der Waals surface area (Å²) in [7, 11) is 0. The molecule has 14 heavy (non-hydrogen) atoms. The van der Waals surface area contributed by atoms with Crippen LogP contribution in [0, 0.1) is 11.3 Å². The lowest BCUT2D eigenvalue weighted by Gasteiger charge is -2.49. The number of aliphatic carboxylic acids is 1. The fourth-order valence-corrected chi connectivity index (χ4v) is 2.61. The van der Waals surface area contributed by atoms with Crippen molar-refractivity contribution >= 4 is 11.9 Å². The molecule has 78 valence electrons. The normalized spacial score (nSPS) is 39.3. The molecule has 1 aliphatic carbocycles. The minimum absolute atomic E-state index is 0.196. The number of carboxylic acid groups (broad SMARTS) is 1. The fourth-order valence-electron chi connectivity index (χ4n) is 2.61. The highest BCUT2D eigenvalue weighted by atomic mass is 16.6. The molecule has 4 nitrogen and oxygen atoms in total. The van der Waals surface area contributed by atoms with Crippen LogP contribution in [0.1, 0.15) is 33.1 Å². The molecule has 1 saturated heterocycles. The first-order valence-electron chi connectivity index (χ1n) is 4.81. The largest absolute Gasteiger partial charge is 0.481 e. The average Bonchev–Trinajstić information content (AvgIpc) is 2.15. The van der Waals surface area contributed by atoms with E-state index in [1.807, 2.05) is 13.8 Å². The fraction of sp³-hybridized carbons (Fsp3) is 0.800. The molecule has 2 fully saturated rings. The molecule has 0 bridgehead atoms. The Kier molecular flexibility index (Phi) is 1.69. The number of ether oxygens (including phenoxy) is 1. The summed E-state index contributed by atoms with van der Waals surface area (Å²) in [5.41, 5.74) is -0.705. The minimum Gasteiger partial charge on any atom is -0.481 e. The lowest BCUT2D eigenvalue weighted by atomic mass is 9.54. The summed E-state index contributed by atoms with van der Waals surface area (Å²) in [5.74, 6) is -1.24. The Bertz CT molecular complexity index is 299.